The van der Waals surface area contributed by atoms with Crippen molar-refractivity contribution < 1.29 is 14.2 Å². The van der Waals surface area contributed by atoms with Crippen LogP contribution in [0, 0.1) is 5.82 Å². The molecule has 4 nitrogen and oxygen atoms in total. The molecule has 0 aliphatic heterocycles. The van der Waals surface area contributed by atoms with Gasteiger partial charge in [-0.3, -0.25) is 0 Å². The van der Waals surface area contributed by atoms with E-state index in [4.69, 9.17) is 4.74 Å². The van der Waals surface area contributed by atoms with E-state index in [9.17, 15) is 9.50 Å². The zero-order chi connectivity index (χ0) is 13.8. The van der Waals surface area contributed by atoms with Crippen LogP contribution in [0.4, 0.5) is 4.39 Å². The molecule has 0 bridgehead atoms. The molecular weight excluding hydrogens is 315 g/mol. The summed E-state index contributed by atoms with van der Waals surface area (Å²) < 4.78 is 19.3. The van der Waals surface area contributed by atoms with Gasteiger partial charge in [0.05, 0.1) is 18.9 Å². The van der Waals surface area contributed by atoms with Crippen LogP contribution in [-0.4, -0.2) is 22.2 Å². The first-order valence-electron chi connectivity index (χ1n) is 5.58. The molecule has 1 unspecified atom stereocenters. The SMILES string of the molecule is COc1cc(CC(O)c2cc(Br)ccc2F)ncn1. The number of methoxy groups -OCH3 is 1. The molecule has 1 N–H and O–H groups in total. The summed E-state index contributed by atoms with van der Waals surface area (Å²) in [6.45, 7) is 0. The highest BCUT2D eigenvalue weighted by Gasteiger charge is 2.15. The highest BCUT2D eigenvalue weighted by atomic mass is 79.9. The second kappa shape index (κ2) is 6.08. The van der Waals surface area contributed by atoms with Crippen molar-refractivity contribution in [3.8, 4) is 5.88 Å². The summed E-state index contributed by atoms with van der Waals surface area (Å²) >= 11 is 3.25. The summed E-state index contributed by atoms with van der Waals surface area (Å²) in [5, 5.41) is 10.1. The third kappa shape index (κ3) is 3.48. The van der Waals surface area contributed by atoms with E-state index in [-0.39, 0.29) is 12.0 Å². The van der Waals surface area contributed by atoms with Crippen molar-refractivity contribution in [2.45, 2.75) is 12.5 Å². The maximum atomic E-state index is 13.6. The predicted molar refractivity (Wildman–Crippen MR) is 71.3 cm³/mol. The Morgan fingerprint density at radius 1 is 1.37 bits per heavy atom. The molecule has 1 atom stereocenters. The summed E-state index contributed by atoms with van der Waals surface area (Å²) in [6.07, 6.45) is 0.557. The van der Waals surface area contributed by atoms with Gasteiger partial charge >= 0.3 is 0 Å². The van der Waals surface area contributed by atoms with Crippen molar-refractivity contribution in [3.63, 3.8) is 0 Å². The fourth-order valence-corrected chi connectivity index (χ4v) is 2.06. The monoisotopic (exact) mass is 326 g/mol. The van der Waals surface area contributed by atoms with Crippen molar-refractivity contribution in [2.24, 2.45) is 0 Å². The average molecular weight is 327 g/mol. The maximum Gasteiger partial charge on any atom is 0.216 e. The molecule has 1 aromatic heterocycles. The fraction of sp³-hybridized carbons (Fsp3) is 0.231. The highest BCUT2D eigenvalue weighted by Crippen LogP contribution is 2.24. The van der Waals surface area contributed by atoms with E-state index in [0.717, 1.165) is 0 Å². The number of ether oxygens (including phenoxy) is 1. The number of benzene rings is 1. The Kier molecular flexibility index (Phi) is 4.44. The minimum absolute atomic E-state index is 0.187. The molecule has 0 aliphatic carbocycles. The number of rotatable bonds is 4. The van der Waals surface area contributed by atoms with Crippen LogP contribution in [0.15, 0.2) is 35.1 Å². The molecule has 1 heterocycles. The second-order valence-corrected chi connectivity index (χ2v) is 4.85. The molecule has 1 aromatic carbocycles. The first-order valence-corrected chi connectivity index (χ1v) is 6.37. The van der Waals surface area contributed by atoms with Gasteiger partial charge in [0.15, 0.2) is 0 Å². The van der Waals surface area contributed by atoms with Gasteiger partial charge in [0, 0.05) is 22.5 Å². The van der Waals surface area contributed by atoms with Gasteiger partial charge in [-0.25, -0.2) is 14.4 Å². The summed E-state index contributed by atoms with van der Waals surface area (Å²) in [5.74, 6) is -0.0383. The van der Waals surface area contributed by atoms with Crippen molar-refractivity contribution in [1.82, 2.24) is 9.97 Å². The van der Waals surface area contributed by atoms with Crippen molar-refractivity contribution in [2.75, 3.05) is 7.11 Å². The fourth-order valence-electron chi connectivity index (χ4n) is 1.68. The van der Waals surface area contributed by atoms with E-state index in [0.29, 0.717) is 16.0 Å². The third-order valence-corrected chi connectivity index (χ3v) is 3.12. The number of hydrogen-bond donors (Lipinski definition) is 1. The number of halogens is 2. The Bertz CT molecular complexity index is 580. The van der Waals surface area contributed by atoms with Crippen molar-refractivity contribution >= 4 is 15.9 Å². The van der Waals surface area contributed by atoms with E-state index in [1.807, 2.05) is 0 Å². The van der Waals surface area contributed by atoms with Crippen LogP contribution in [0.2, 0.25) is 0 Å². The Hall–Kier alpha value is -1.53. The lowest BCUT2D eigenvalue weighted by molar-refractivity contribution is 0.172. The topological polar surface area (TPSA) is 55.2 Å². The first-order chi connectivity index (χ1) is 9.10. The summed E-state index contributed by atoms with van der Waals surface area (Å²) in [4.78, 5) is 7.89. The van der Waals surface area contributed by atoms with Crippen LogP contribution >= 0.6 is 15.9 Å². The number of hydrogen-bond acceptors (Lipinski definition) is 4. The van der Waals surface area contributed by atoms with E-state index < -0.39 is 11.9 Å². The van der Waals surface area contributed by atoms with Crippen LogP contribution in [-0.2, 0) is 6.42 Å². The lowest BCUT2D eigenvalue weighted by Gasteiger charge is -2.12. The average Bonchev–Trinajstić information content (AvgIpc) is 2.41. The van der Waals surface area contributed by atoms with Crippen molar-refractivity contribution in [1.29, 1.82) is 0 Å². The van der Waals surface area contributed by atoms with Gasteiger partial charge in [0.2, 0.25) is 5.88 Å². The lowest BCUT2D eigenvalue weighted by atomic mass is 10.0. The number of aromatic nitrogens is 2. The van der Waals surface area contributed by atoms with E-state index in [1.54, 1.807) is 18.2 Å². The number of aliphatic hydroxyl groups is 1. The normalized spacial score (nSPS) is 12.2. The zero-order valence-corrected chi connectivity index (χ0v) is 11.8. The molecule has 0 aliphatic rings. The standard InChI is InChI=1S/C13H12BrFN2O2/c1-19-13-6-9(16-7-17-13)5-12(18)10-4-8(14)2-3-11(10)15/h2-4,6-7,12,18H,5H2,1H3. The quantitative estimate of drug-likeness (QED) is 0.938. The van der Waals surface area contributed by atoms with Gasteiger partial charge in [-0.2, -0.15) is 0 Å². The zero-order valence-electron chi connectivity index (χ0n) is 10.2. The minimum atomic E-state index is -0.975. The van der Waals surface area contributed by atoms with Gasteiger partial charge < -0.3 is 9.84 Å². The van der Waals surface area contributed by atoms with Crippen LogP contribution < -0.4 is 4.74 Å². The van der Waals surface area contributed by atoms with Crippen molar-refractivity contribution in [3.05, 3.63) is 52.1 Å². The van der Waals surface area contributed by atoms with Gasteiger partial charge in [-0.15, -0.1) is 0 Å². The number of aliphatic hydroxyl groups excluding tert-OH is 1. The Labute approximate surface area is 118 Å². The van der Waals surface area contributed by atoms with Crippen LogP contribution in [0.1, 0.15) is 17.4 Å². The molecule has 0 spiro atoms. The molecule has 2 aromatic rings. The van der Waals surface area contributed by atoms with Gasteiger partial charge in [-0.05, 0) is 18.2 Å². The summed E-state index contributed by atoms with van der Waals surface area (Å²) in [5.41, 5.74) is 0.811. The van der Waals surface area contributed by atoms with Gasteiger partial charge in [0.25, 0.3) is 0 Å². The molecule has 0 saturated carbocycles. The van der Waals surface area contributed by atoms with Gasteiger partial charge in [0.1, 0.15) is 12.1 Å². The lowest BCUT2D eigenvalue weighted by Crippen LogP contribution is -2.06. The molecule has 0 fully saturated rings. The summed E-state index contributed by atoms with van der Waals surface area (Å²) in [7, 11) is 1.50. The molecule has 100 valence electrons. The molecule has 2 rings (SSSR count). The molecule has 19 heavy (non-hydrogen) atoms. The molecule has 6 heteroatoms. The molecule has 0 radical (unpaired) electrons. The van der Waals surface area contributed by atoms with Crippen LogP contribution in [0.5, 0.6) is 5.88 Å². The van der Waals surface area contributed by atoms with Crippen LogP contribution in [0.25, 0.3) is 0 Å². The predicted octanol–water partition coefficient (Wildman–Crippen LogP) is 2.66. The third-order valence-electron chi connectivity index (χ3n) is 2.63. The Balaban J connectivity index is 2.20. The largest absolute Gasteiger partial charge is 0.481 e. The smallest absolute Gasteiger partial charge is 0.216 e. The highest BCUT2D eigenvalue weighted by molar-refractivity contribution is 9.10. The first kappa shape index (κ1) is 13.9. The Morgan fingerprint density at radius 2 is 2.16 bits per heavy atom. The molecular formula is C13H12BrFN2O2. The van der Waals surface area contributed by atoms with E-state index in [1.165, 1.54) is 19.5 Å². The van der Waals surface area contributed by atoms with Crippen LogP contribution in [0.3, 0.4) is 0 Å². The summed E-state index contributed by atoms with van der Waals surface area (Å²) in [6, 6.07) is 6.06. The van der Waals surface area contributed by atoms with Gasteiger partial charge in [-0.1, -0.05) is 15.9 Å². The Morgan fingerprint density at radius 3 is 2.89 bits per heavy atom. The number of nitrogens with zero attached hydrogens (tertiary/aromatic N) is 2. The minimum Gasteiger partial charge on any atom is -0.481 e. The van der Waals surface area contributed by atoms with E-state index in [2.05, 4.69) is 25.9 Å². The maximum absolute atomic E-state index is 13.6. The molecule has 0 saturated heterocycles. The second-order valence-electron chi connectivity index (χ2n) is 3.94. The van der Waals surface area contributed by atoms with E-state index >= 15 is 0 Å². The molecule has 0 amide bonds.